The fourth-order valence-electron chi connectivity index (χ4n) is 0.526. The normalized spacial score (nSPS) is 10.1. The van der Waals surface area contributed by atoms with Crippen LogP contribution in [0.4, 0.5) is 0 Å². The molecule has 0 aliphatic heterocycles. The molecule has 0 rings (SSSR count). The lowest BCUT2D eigenvalue weighted by Crippen LogP contribution is -2.09. The summed E-state index contributed by atoms with van der Waals surface area (Å²) >= 11 is 0. The summed E-state index contributed by atoms with van der Waals surface area (Å²) in [4.78, 5) is 4.95. The van der Waals surface area contributed by atoms with Gasteiger partial charge < -0.3 is 4.84 Å². The largest absolute Gasteiger partial charge is 0.310 e. The number of hydrogen-bond acceptors (Lipinski definition) is 2. The Morgan fingerprint density at radius 2 is 2.25 bits per heavy atom. The lowest BCUT2D eigenvalue weighted by molar-refractivity contribution is 0.0917. The van der Waals surface area contributed by atoms with E-state index in [-0.39, 0.29) is 0 Å². The van der Waals surface area contributed by atoms with E-state index < -0.39 is 0 Å². The van der Waals surface area contributed by atoms with Crippen LogP contribution < -0.4 is 5.15 Å². The zero-order chi connectivity index (χ0) is 6.24. The highest BCUT2D eigenvalue weighted by atomic mass is 28.2. The summed E-state index contributed by atoms with van der Waals surface area (Å²) in [6.07, 6.45) is 3.74. The predicted molar refractivity (Wildman–Crippen MR) is 38.6 cm³/mol. The van der Waals surface area contributed by atoms with Gasteiger partial charge in [-0.15, -0.1) is 0 Å². The molecule has 0 bridgehead atoms. The van der Waals surface area contributed by atoms with E-state index >= 15 is 0 Å². The Kier molecular flexibility index (Phi) is 7.26. The molecule has 0 unspecified atom stereocenters. The average molecular weight is 133 g/mol. The second kappa shape index (κ2) is 7.14. The first-order valence-electron chi connectivity index (χ1n) is 3.20. The summed E-state index contributed by atoms with van der Waals surface area (Å²) < 4.78 is 0. The van der Waals surface area contributed by atoms with E-state index in [1.165, 1.54) is 19.3 Å². The molecule has 0 aliphatic rings. The van der Waals surface area contributed by atoms with Crippen LogP contribution in [0.2, 0.25) is 0 Å². The van der Waals surface area contributed by atoms with Gasteiger partial charge in [0.05, 0.1) is 6.61 Å². The van der Waals surface area contributed by atoms with Gasteiger partial charge in [-0.25, -0.2) is 5.15 Å². The van der Waals surface area contributed by atoms with Crippen LogP contribution >= 0.6 is 0 Å². The van der Waals surface area contributed by atoms with Crippen molar-refractivity contribution in [1.29, 1.82) is 0 Å². The molecule has 0 aromatic rings. The summed E-state index contributed by atoms with van der Waals surface area (Å²) in [5.74, 6) is 0. The van der Waals surface area contributed by atoms with Crippen molar-refractivity contribution in [2.24, 2.45) is 0 Å². The van der Waals surface area contributed by atoms with E-state index in [0.717, 1.165) is 17.0 Å². The molecule has 0 spiro atoms. The molecule has 0 aromatic carbocycles. The van der Waals surface area contributed by atoms with E-state index in [0.29, 0.717) is 0 Å². The molecule has 0 amide bonds. The van der Waals surface area contributed by atoms with Gasteiger partial charge >= 0.3 is 0 Å². The van der Waals surface area contributed by atoms with Crippen molar-refractivity contribution in [3.8, 4) is 0 Å². The lowest BCUT2D eigenvalue weighted by Gasteiger charge is -1.97. The van der Waals surface area contributed by atoms with Crippen molar-refractivity contribution in [3.63, 3.8) is 0 Å². The third-order valence-corrected chi connectivity index (χ3v) is 1.28. The molecule has 1 N–H and O–H groups in total. The van der Waals surface area contributed by atoms with Crippen molar-refractivity contribution in [2.75, 3.05) is 6.61 Å². The summed E-state index contributed by atoms with van der Waals surface area (Å²) in [6, 6.07) is 0. The minimum atomic E-state index is 0.872. The van der Waals surface area contributed by atoms with Crippen molar-refractivity contribution in [1.82, 2.24) is 5.15 Å². The van der Waals surface area contributed by atoms with Gasteiger partial charge in [-0.05, 0) is 6.42 Å². The summed E-state index contributed by atoms with van der Waals surface area (Å²) in [6.45, 7) is 3.06. The first-order valence-corrected chi connectivity index (χ1v) is 4.20. The van der Waals surface area contributed by atoms with Crippen molar-refractivity contribution >= 4 is 10.4 Å². The van der Waals surface area contributed by atoms with Crippen LogP contribution in [0.25, 0.3) is 0 Å². The topological polar surface area (TPSA) is 21.3 Å². The maximum absolute atomic E-state index is 4.95. The van der Waals surface area contributed by atoms with Crippen molar-refractivity contribution < 1.29 is 4.84 Å². The predicted octanol–water partition coefficient (Wildman–Crippen LogP) is -0.0218. The smallest absolute Gasteiger partial charge is 0.109 e. The van der Waals surface area contributed by atoms with Crippen LogP contribution in [-0.2, 0) is 4.84 Å². The van der Waals surface area contributed by atoms with E-state index in [2.05, 4.69) is 12.1 Å². The van der Waals surface area contributed by atoms with Crippen molar-refractivity contribution in [2.45, 2.75) is 26.2 Å². The van der Waals surface area contributed by atoms with Gasteiger partial charge in [0.25, 0.3) is 0 Å². The molecular formula is C5H15NOSi. The van der Waals surface area contributed by atoms with E-state index in [1.54, 1.807) is 0 Å². The van der Waals surface area contributed by atoms with Crippen LogP contribution in [0.1, 0.15) is 26.2 Å². The molecular weight excluding hydrogens is 118 g/mol. The second-order valence-electron chi connectivity index (χ2n) is 1.76. The molecule has 0 heterocycles. The number of hydrogen-bond donors (Lipinski definition) is 1. The van der Waals surface area contributed by atoms with Gasteiger partial charge in [0, 0.05) is 0 Å². The zero-order valence-corrected chi connectivity index (χ0v) is 7.74. The maximum Gasteiger partial charge on any atom is 0.109 e. The highest BCUT2D eigenvalue weighted by molar-refractivity contribution is 6.03. The van der Waals surface area contributed by atoms with Gasteiger partial charge in [-0.2, -0.15) is 0 Å². The molecule has 0 aromatic heterocycles. The maximum atomic E-state index is 4.95. The fraction of sp³-hybridized carbons (Fsp3) is 1.00. The molecule has 0 radical (unpaired) electrons. The molecule has 0 fully saturated rings. The average Bonchev–Trinajstić information content (AvgIpc) is 1.81. The van der Waals surface area contributed by atoms with E-state index in [1.807, 2.05) is 0 Å². The highest BCUT2D eigenvalue weighted by Crippen LogP contribution is 1.91. The molecule has 0 atom stereocenters. The summed E-state index contributed by atoms with van der Waals surface area (Å²) in [5.41, 5.74) is 0. The second-order valence-corrected chi connectivity index (χ2v) is 2.17. The first-order chi connectivity index (χ1) is 3.91. The molecule has 0 saturated carbocycles. The minimum absolute atomic E-state index is 0.872. The fourth-order valence-corrected chi connectivity index (χ4v) is 0.730. The Bertz CT molecular complexity index is 37.4. The molecule has 0 saturated heterocycles. The molecule has 0 aliphatic carbocycles. The molecule has 8 heavy (non-hydrogen) atoms. The van der Waals surface area contributed by atoms with Gasteiger partial charge in [-0.1, -0.05) is 19.8 Å². The Morgan fingerprint density at radius 1 is 1.50 bits per heavy atom. The van der Waals surface area contributed by atoms with E-state index in [4.69, 9.17) is 4.84 Å². The first kappa shape index (κ1) is 8.14. The lowest BCUT2D eigenvalue weighted by atomic mass is 10.3. The van der Waals surface area contributed by atoms with Gasteiger partial charge in [0.15, 0.2) is 0 Å². The number of unbranched alkanes of at least 4 members (excludes halogenated alkanes) is 2. The Hall–Kier alpha value is 0.137. The van der Waals surface area contributed by atoms with Crippen LogP contribution in [0.15, 0.2) is 0 Å². The third-order valence-electron chi connectivity index (χ3n) is 0.994. The highest BCUT2D eigenvalue weighted by Gasteiger charge is 1.82. The van der Waals surface area contributed by atoms with Gasteiger partial charge in [-0.3, -0.25) is 0 Å². The SMILES string of the molecule is CCCCCON[SiH3]. The van der Waals surface area contributed by atoms with Gasteiger partial charge in [0.2, 0.25) is 0 Å². The van der Waals surface area contributed by atoms with Crippen LogP contribution in [0.5, 0.6) is 0 Å². The van der Waals surface area contributed by atoms with Crippen LogP contribution in [0, 0.1) is 0 Å². The van der Waals surface area contributed by atoms with Crippen LogP contribution in [-0.4, -0.2) is 17.0 Å². The number of rotatable bonds is 5. The Labute approximate surface area is 54.1 Å². The summed E-state index contributed by atoms with van der Waals surface area (Å²) in [5, 5.41) is 2.77. The minimum Gasteiger partial charge on any atom is -0.310 e. The summed E-state index contributed by atoms with van der Waals surface area (Å²) in [7, 11) is 0.935. The van der Waals surface area contributed by atoms with Crippen LogP contribution in [0.3, 0.4) is 0 Å². The molecule has 3 heteroatoms. The molecule has 50 valence electrons. The standard InChI is InChI=1S/C5H15NOSi/c1-2-3-4-5-7-6-8/h6H,2-5H2,1,8H3. The van der Waals surface area contributed by atoms with Crippen molar-refractivity contribution in [3.05, 3.63) is 0 Å². The molecule has 2 nitrogen and oxygen atoms in total. The zero-order valence-electron chi connectivity index (χ0n) is 5.74. The Morgan fingerprint density at radius 3 is 2.75 bits per heavy atom. The van der Waals surface area contributed by atoms with Gasteiger partial charge in [0.1, 0.15) is 10.4 Å². The third kappa shape index (κ3) is 6.14. The number of nitrogens with one attached hydrogen (secondary N) is 1. The Balaban J connectivity index is 2.53. The monoisotopic (exact) mass is 133 g/mol. The van der Waals surface area contributed by atoms with E-state index in [9.17, 15) is 0 Å². The quantitative estimate of drug-likeness (QED) is 0.323.